The molecule has 128 valence electrons. The Kier molecular flexibility index (Phi) is 6.24. The van der Waals surface area contributed by atoms with Crippen LogP contribution in [0, 0.1) is 17.1 Å². The zero-order valence-corrected chi connectivity index (χ0v) is 13.7. The van der Waals surface area contributed by atoms with Gasteiger partial charge in [-0.2, -0.15) is 5.26 Å². The Morgan fingerprint density at radius 3 is 2.64 bits per heavy atom. The maximum absolute atomic E-state index is 13.2. The summed E-state index contributed by atoms with van der Waals surface area (Å²) in [5.41, 5.74) is 1.20. The van der Waals surface area contributed by atoms with Crippen LogP contribution in [0.1, 0.15) is 28.4 Å². The minimum Gasteiger partial charge on any atom is -0.452 e. The first-order chi connectivity index (χ1) is 12.0. The summed E-state index contributed by atoms with van der Waals surface area (Å²) in [5.74, 6) is -1.42. The van der Waals surface area contributed by atoms with Crippen LogP contribution in [0.15, 0.2) is 48.5 Å². The number of nitriles is 1. The third kappa shape index (κ3) is 5.15. The molecule has 0 atom stereocenters. The number of rotatable bonds is 6. The Balaban J connectivity index is 1.95. The molecule has 6 heteroatoms. The van der Waals surface area contributed by atoms with Gasteiger partial charge in [-0.3, -0.25) is 4.79 Å². The molecule has 25 heavy (non-hydrogen) atoms. The predicted octanol–water partition coefficient (Wildman–Crippen LogP) is 2.90. The van der Waals surface area contributed by atoms with Gasteiger partial charge in [0.1, 0.15) is 5.82 Å². The molecule has 2 aromatic rings. The largest absolute Gasteiger partial charge is 0.452 e. The highest BCUT2D eigenvalue weighted by atomic mass is 19.1. The second kappa shape index (κ2) is 8.60. The Hall–Kier alpha value is -3.20. The number of carbonyl (C=O) groups excluding carboxylic acids is 2. The van der Waals surface area contributed by atoms with Crippen molar-refractivity contribution < 1.29 is 18.7 Å². The van der Waals surface area contributed by atoms with Crippen LogP contribution in [0.3, 0.4) is 0 Å². The second-order valence-electron chi connectivity index (χ2n) is 5.31. The number of esters is 1. The van der Waals surface area contributed by atoms with Crippen molar-refractivity contribution in [3.63, 3.8) is 0 Å². The lowest BCUT2D eigenvalue weighted by Gasteiger charge is -2.21. The van der Waals surface area contributed by atoms with Crippen molar-refractivity contribution in [3.8, 4) is 6.07 Å². The third-order valence-electron chi connectivity index (χ3n) is 3.55. The summed E-state index contributed by atoms with van der Waals surface area (Å²) < 4.78 is 18.3. The normalized spacial score (nSPS) is 9.96. The van der Waals surface area contributed by atoms with Gasteiger partial charge in [0, 0.05) is 13.1 Å². The minimum atomic E-state index is -0.674. The zero-order chi connectivity index (χ0) is 18.2. The van der Waals surface area contributed by atoms with Gasteiger partial charge >= 0.3 is 5.97 Å². The smallest absolute Gasteiger partial charge is 0.338 e. The lowest BCUT2D eigenvalue weighted by Crippen LogP contribution is -2.34. The van der Waals surface area contributed by atoms with E-state index in [0.29, 0.717) is 17.7 Å². The van der Waals surface area contributed by atoms with Crippen molar-refractivity contribution >= 4 is 11.9 Å². The van der Waals surface area contributed by atoms with Crippen LogP contribution in [-0.4, -0.2) is 29.9 Å². The van der Waals surface area contributed by atoms with Gasteiger partial charge in [-0.25, -0.2) is 9.18 Å². The van der Waals surface area contributed by atoms with E-state index in [1.165, 1.54) is 29.2 Å². The fourth-order valence-electron chi connectivity index (χ4n) is 2.25. The second-order valence-corrected chi connectivity index (χ2v) is 5.31. The van der Waals surface area contributed by atoms with Crippen LogP contribution >= 0.6 is 0 Å². The molecule has 0 unspecified atom stereocenters. The van der Waals surface area contributed by atoms with E-state index in [2.05, 4.69) is 0 Å². The van der Waals surface area contributed by atoms with Gasteiger partial charge in [-0.05, 0) is 42.8 Å². The lowest BCUT2D eigenvalue weighted by atomic mass is 10.1. The molecule has 0 fully saturated rings. The SMILES string of the molecule is CCN(Cc1cccc(F)c1)C(=O)COC(=O)c1cccc(C#N)c1. The molecule has 1 amide bonds. The number of amides is 1. The van der Waals surface area contributed by atoms with Crippen LogP contribution in [0.25, 0.3) is 0 Å². The first-order valence-corrected chi connectivity index (χ1v) is 7.73. The number of halogens is 1. The molecule has 0 saturated heterocycles. The lowest BCUT2D eigenvalue weighted by molar-refractivity contribution is -0.134. The van der Waals surface area contributed by atoms with E-state index in [-0.39, 0.29) is 23.8 Å². The molecule has 0 aromatic heterocycles. The Morgan fingerprint density at radius 1 is 1.20 bits per heavy atom. The van der Waals surface area contributed by atoms with E-state index in [1.807, 2.05) is 6.07 Å². The average Bonchev–Trinajstić information content (AvgIpc) is 2.64. The fraction of sp³-hybridized carbons (Fsp3) is 0.211. The van der Waals surface area contributed by atoms with Crippen LogP contribution in [0.2, 0.25) is 0 Å². The molecule has 0 spiro atoms. The molecule has 0 heterocycles. The molecule has 0 saturated carbocycles. The Bertz CT molecular complexity index is 814. The predicted molar refractivity (Wildman–Crippen MR) is 88.9 cm³/mol. The van der Waals surface area contributed by atoms with Gasteiger partial charge in [0.25, 0.3) is 5.91 Å². The minimum absolute atomic E-state index is 0.208. The van der Waals surface area contributed by atoms with Gasteiger partial charge < -0.3 is 9.64 Å². The Morgan fingerprint density at radius 2 is 1.96 bits per heavy atom. The van der Waals surface area contributed by atoms with E-state index in [4.69, 9.17) is 10.00 Å². The quantitative estimate of drug-likeness (QED) is 0.758. The molecule has 0 aliphatic rings. The number of likely N-dealkylation sites (N-methyl/N-ethyl adjacent to an activating group) is 1. The van der Waals surface area contributed by atoms with Gasteiger partial charge in [0.05, 0.1) is 17.2 Å². The van der Waals surface area contributed by atoms with Crippen molar-refractivity contribution in [1.29, 1.82) is 5.26 Å². The average molecular weight is 340 g/mol. The molecule has 2 aromatic carbocycles. The molecule has 5 nitrogen and oxygen atoms in total. The first kappa shape index (κ1) is 18.1. The number of nitrogens with zero attached hydrogens (tertiary/aromatic N) is 2. The van der Waals surface area contributed by atoms with E-state index in [0.717, 1.165) is 0 Å². The molecule has 0 N–H and O–H groups in total. The highest BCUT2D eigenvalue weighted by Gasteiger charge is 2.16. The van der Waals surface area contributed by atoms with E-state index in [9.17, 15) is 14.0 Å². The first-order valence-electron chi connectivity index (χ1n) is 7.73. The third-order valence-corrected chi connectivity index (χ3v) is 3.55. The summed E-state index contributed by atoms with van der Waals surface area (Å²) in [5, 5.41) is 8.84. The molecule has 0 aliphatic heterocycles. The summed E-state index contributed by atoms with van der Waals surface area (Å²) in [6.07, 6.45) is 0. The maximum atomic E-state index is 13.2. The van der Waals surface area contributed by atoms with E-state index >= 15 is 0 Å². The molecule has 2 rings (SSSR count). The van der Waals surface area contributed by atoms with Crippen molar-refractivity contribution in [2.45, 2.75) is 13.5 Å². The highest BCUT2D eigenvalue weighted by molar-refractivity contribution is 5.91. The van der Waals surface area contributed by atoms with Gasteiger partial charge in [0.2, 0.25) is 0 Å². The molecular weight excluding hydrogens is 323 g/mol. The number of hydrogen-bond acceptors (Lipinski definition) is 4. The van der Waals surface area contributed by atoms with E-state index < -0.39 is 12.6 Å². The molecule has 0 aliphatic carbocycles. The van der Waals surface area contributed by atoms with Crippen LogP contribution in [-0.2, 0) is 16.1 Å². The topological polar surface area (TPSA) is 70.4 Å². The summed E-state index contributed by atoms with van der Waals surface area (Å²) >= 11 is 0. The fourth-order valence-corrected chi connectivity index (χ4v) is 2.25. The van der Waals surface area contributed by atoms with Gasteiger partial charge in [-0.1, -0.05) is 18.2 Å². The Labute approximate surface area is 145 Å². The van der Waals surface area contributed by atoms with Crippen molar-refractivity contribution in [2.24, 2.45) is 0 Å². The van der Waals surface area contributed by atoms with Crippen LogP contribution in [0.5, 0.6) is 0 Å². The summed E-state index contributed by atoms with van der Waals surface area (Å²) in [6, 6.07) is 14.0. The molecular formula is C19H17FN2O3. The molecule has 0 bridgehead atoms. The summed E-state index contributed by atoms with van der Waals surface area (Å²) in [6.45, 7) is 2.00. The van der Waals surface area contributed by atoms with Crippen molar-refractivity contribution in [1.82, 2.24) is 4.90 Å². The van der Waals surface area contributed by atoms with Crippen LogP contribution in [0.4, 0.5) is 4.39 Å². The highest BCUT2D eigenvalue weighted by Crippen LogP contribution is 2.09. The maximum Gasteiger partial charge on any atom is 0.338 e. The number of benzene rings is 2. The standard InChI is InChI=1S/C19H17FN2O3/c1-2-22(12-15-6-4-8-17(20)10-15)18(23)13-25-19(24)16-7-3-5-14(9-16)11-21/h3-10H,2,12-13H2,1H3. The van der Waals surface area contributed by atoms with E-state index in [1.54, 1.807) is 31.2 Å². The van der Waals surface area contributed by atoms with Crippen molar-refractivity contribution in [2.75, 3.05) is 13.2 Å². The molecule has 0 radical (unpaired) electrons. The number of hydrogen-bond donors (Lipinski definition) is 0. The monoisotopic (exact) mass is 340 g/mol. The van der Waals surface area contributed by atoms with Gasteiger partial charge in [-0.15, -0.1) is 0 Å². The summed E-state index contributed by atoms with van der Waals surface area (Å²) in [4.78, 5) is 25.7. The van der Waals surface area contributed by atoms with Gasteiger partial charge in [0.15, 0.2) is 6.61 Å². The summed E-state index contributed by atoms with van der Waals surface area (Å²) in [7, 11) is 0. The number of ether oxygens (including phenoxy) is 1. The number of carbonyl (C=O) groups is 2. The van der Waals surface area contributed by atoms with Crippen LogP contribution < -0.4 is 0 Å². The van der Waals surface area contributed by atoms with Crippen molar-refractivity contribution in [3.05, 3.63) is 71.0 Å². The zero-order valence-electron chi connectivity index (χ0n) is 13.7.